The van der Waals surface area contributed by atoms with E-state index in [1.165, 1.54) is 17.7 Å². The van der Waals surface area contributed by atoms with Crippen molar-refractivity contribution in [2.75, 3.05) is 40.9 Å². The molecule has 2 aliphatic heterocycles. The van der Waals surface area contributed by atoms with Crippen LogP contribution in [0.15, 0.2) is 0 Å². The number of hydrogen-bond donors (Lipinski definition) is 2. The molecule has 2 saturated heterocycles. The lowest BCUT2D eigenvalue weighted by Gasteiger charge is -2.33. The zero-order chi connectivity index (χ0) is 21.3. The normalized spacial score (nSPS) is 19.8. The largest absolute Gasteiger partial charge is 0.374 e. The molecular weight excluding hydrogens is 406 g/mol. The summed E-state index contributed by atoms with van der Waals surface area (Å²) in [5, 5.41) is 20.7. The third-order valence-electron chi connectivity index (χ3n) is 5.82. The highest BCUT2D eigenvalue weighted by Crippen LogP contribution is 2.34. The summed E-state index contributed by atoms with van der Waals surface area (Å²) in [6.07, 6.45) is 4.82. The minimum atomic E-state index is -0.955. The fraction of sp³-hybridized carbons (Fsp3) is 0.700. The molecule has 9 nitrogen and oxygen atoms in total. The number of piperidine rings is 2. The summed E-state index contributed by atoms with van der Waals surface area (Å²) in [5.74, 6) is 1.64. The molecule has 2 N–H and O–H groups in total. The zero-order valence-corrected chi connectivity index (χ0v) is 18.4. The van der Waals surface area contributed by atoms with Gasteiger partial charge in [0.1, 0.15) is 23.5 Å². The van der Waals surface area contributed by atoms with Crippen LogP contribution in [0, 0.1) is 0 Å². The Kier molecular flexibility index (Phi) is 6.40. The summed E-state index contributed by atoms with van der Waals surface area (Å²) in [5.41, 5.74) is 1.23. The first-order chi connectivity index (χ1) is 14.5. The highest BCUT2D eigenvalue weighted by atomic mass is 35.5. The maximum atomic E-state index is 10.3. The summed E-state index contributed by atoms with van der Waals surface area (Å²) in [6.45, 7) is 6.69. The number of rotatable bonds is 5. The average Bonchev–Trinajstić information content (AvgIpc) is 2.73. The summed E-state index contributed by atoms with van der Waals surface area (Å²) >= 11 is 6.34. The van der Waals surface area contributed by atoms with Crippen LogP contribution in [-0.2, 0) is 0 Å². The number of fused-ring (bicyclic) bond motifs is 1. The van der Waals surface area contributed by atoms with Gasteiger partial charge >= 0.3 is 0 Å². The van der Waals surface area contributed by atoms with Crippen molar-refractivity contribution in [3.63, 3.8) is 0 Å². The Bertz CT molecular complexity index is 875. The maximum Gasteiger partial charge on any atom is 0.232 e. The lowest BCUT2D eigenvalue weighted by atomic mass is 10.1. The molecule has 4 rings (SSSR count). The number of halogens is 1. The van der Waals surface area contributed by atoms with Crippen molar-refractivity contribution in [1.29, 1.82) is 0 Å². The van der Waals surface area contributed by atoms with Crippen molar-refractivity contribution in [3.8, 4) is 0 Å². The number of aliphatic hydroxyl groups excluding tert-OH is 2. The maximum absolute atomic E-state index is 10.3. The van der Waals surface area contributed by atoms with E-state index in [1.807, 2.05) is 0 Å². The van der Waals surface area contributed by atoms with Gasteiger partial charge in [-0.15, -0.1) is 0 Å². The van der Waals surface area contributed by atoms with Gasteiger partial charge in [0.05, 0.1) is 0 Å². The molecule has 2 aromatic heterocycles. The molecule has 0 aliphatic carbocycles. The zero-order valence-electron chi connectivity index (χ0n) is 17.6. The van der Waals surface area contributed by atoms with Gasteiger partial charge in [-0.2, -0.15) is 9.97 Å². The van der Waals surface area contributed by atoms with Gasteiger partial charge in [-0.05, 0) is 64.0 Å². The van der Waals surface area contributed by atoms with Gasteiger partial charge in [0.2, 0.25) is 11.2 Å². The molecule has 2 fully saturated rings. The van der Waals surface area contributed by atoms with Crippen LogP contribution < -0.4 is 14.7 Å². The van der Waals surface area contributed by atoms with Gasteiger partial charge in [-0.3, -0.25) is 4.90 Å². The minimum absolute atomic E-state index is 0.181. The number of anilines is 3. The molecule has 4 heterocycles. The quantitative estimate of drug-likeness (QED) is 0.541. The minimum Gasteiger partial charge on any atom is -0.374 e. The molecule has 0 spiro atoms. The van der Waals surface area contributed by atoms with E-state index in [-0.39, 0.29) is 11.2 Å². The second-order valence-electron chi connectivity index (χ2n) is 8.13. The topological polar surface area (TPSA) is 102 Å². The molecule has 164 valence electrons. The van der Waals surface area contributed by atoms with Gasteiger partial charge in [-0.25, -0.2) is 9.97 Å². The molecule has 0 amide bonds. The Balaban J connectivity index is 1.93. The number of hydrogen-bond acceptors (Lipinski definition) is 9. The summed E-state index contributed by atoms with van der Waals surface area (Å²) in [4.78, 5) is 24.3. The summed E-state index contributed by atoms with van der Waals surface area (Å²) in [7, 11) is 0. The molecule has 30 heavy (non-hydrogen) atoms. The second kappa shape index (κ2) is 9.03. The number of aromatic nitrogens is 4. The van der Waals surface area contributed by atoms with E-state index < -0.39 is 12.5 Å². The fourth-order valence-corrected chi connectivity index (χ4v) is 4.53. The van der Waals surface area contributed by atoms with E-state index in [9.17, 15) is 10.2 Å². The van der Waals surface area contributed by atoms with E-state index in [2.05, 4.69) is 19.8 Å². The second-order valence-corrected chi connectivity index (χ2v) is 8.47. The lowest BCUT2D eigenvalue weighted by Crippen LogP contribution is -2.42. The molecule has 2 aromatic rings. The third kappa shape index (κ3) is 4.24. The summed E-state index contributed by atoms with van der Waals surface area (Å²) < 4.78 is 0. The Morgan fingerprint density at radius 2 is 1.20 bits per heavy atom. The molecule has 0 radical (unpaired) electrons. The van der Waals surface area contributed by atoms with Crippen molar-refractivity contribution in [3.05, 3.63) is 5.28 Å². The molecule has 2 aliphatic rings. The number of aliphatic hydroxyl groups is 2. The first kappa shape index (κ1) is 21.3. The van der Waals surface area contributed by atoms with Crippen LogP contribution in [0.5, 0.6) is 0 Å². The third-order valence-corrected chi connectivity index (χ3v) is 5.98. The monoisotopic (exact) mass is 435 g/mol. The molecule has 10 heteroatoms. The van der Waals surface area contributed by atoms with Crippen molar-refractivity contribution in [2.45, 2.75) is 64.8 Å². The van der Waals surface area contributed by atoms with Crippen molar-refractivity contribution in [2.24, 2.45) is 0 Å². The molecule has 2 atom stereocenters. The average molecular weight is 436 g/mol. The van der Waals surface area contributed by atoms with Crippen molar-refractivity contribution >= 4 is 40.2 Å². The molecule has 0 aromatic carbocycles. The van der Waals surface area contributed by atoms with Crippen molar-refractivity contribution in [1.82, 2.24) is 19.9 Å². The molecule has 0 bridgehead atoms. The van der Waals surface area contributed by atoms with Crippen LogP contribution in [0.4, 0.5) is 17.6 Å². The van der Waals surface area contributed by atoms with Crippen LogP contribution in [0.1, 0.15) is 52.4 Å². The lowest BCUT2D eigenvalue weighted by molar-refractivity contribution is 0.103. The Morgan fingerprint density at radius 1 is 0.733 bits per heavy atom. The Labute approximate surface area is 181 Å². The van der Waals surface area contributed by atoms with Crippen molar-refractivity contribution < 1.29 is 10.2 Å². The van der Waals surface area contributed by atoms with Gasteiger partial charge in [0, 0.05) is 26.2 Å². The Hall–Kier alpha value is -1.97. The predicted molar refractivity (Wildman–Crippen MR) is 118 cm³/mol. The van der Waals surface area contributed by atoms with E-state index in [0.29, 0.717) is 22.7 Å². The van der Waals surface area contributed by atoms with Gasteiger partial charge in [-0.1, -0.05) is 0 Å². The van der Waals surface area contributed by atoms with Crippen LogP contribution >= 0.6 is 11.6 Å². The first-order valence-electron chi connectivity index (χ1n) is 10.9. The van der Waals surface area contributed by atoms with Crippen LogP contribution in [-0.4, -0.2) is 68.8 Å². The smallest absolute Gasteiger partial charge is 0.232 e. The highest BCUT2D eigenvalue weighted by molar-refractivity contribution is 6.29. The predicted octanol–water partition coefficient (Wildman–Crippen LogP) is 2.54. The molecule has 0 saturated carbocycles. The Morgan fingerprint density at radius 3 is 1.70 bits per heavy atom. The van der Waals surface area contributed by atoms with Gasteiger partial charge < -0.3 is 20.0 Å². The first-order valence-corrected chi connectivity index (χ1v) is 11.2. The van der Waals surface area contributed by atoms with E-state index in [1.54, 1.807) is 13.8 Å². The van der Waals surface area contributed by atoms with Crippen LogP contribution in [0.3, 0.4) is 0 Å². The van der Waals surface area contributed by atoms with E-state index in [0.717, 1.165) is 51.9 Å². The summed E-state index contributed by atoms with van der Waals surface area (Å²) in [6, 6.07) is 0. The van der Waals surface area contributed by atoms with E-state index >= 15 is 0 Å². The number of nitrogens with zero attached hydrogens (tertiary/aromatic N) is 7. The molecule has 2 unspecified atom stereocenters. The van der Waals surface area contributed by atoms with Gasteiger partial charge in [0.15, 0.2) is 11.6 Å². The van der Waals surface area contributed by atoms with Crippen LogP contribution in [0.25, 0.3) is 11.0 Å². The molecular formula is C20H30ClN7O2. The van der Waals surface area contributed by atoms with Crippen LogP contribution in [0.2, 0.25) is 5.28 Å². The standard InChI is InChI=1S/C20H30ClN7O2/c1-13(29)28(14(2)30)20-23-16-15(18(25-20)27-11-7-4-8-12-27)22-19(21)24-17(16)26-9-5-3-6-10-26/h13-14,29-30H,3-12H2,1-2H3. The SMILES string of the molecule is CC(O)N(c1nc(N2CCCCC2)c2nc(Cl)nc(N3CCCCC3)c2n1)C(C)O. The van der Waals surface area contributed by atoms with E-state index in [4.69, 9.17) is 21.6 Å². The highest BCUT2D eigenvalue weighted by Gasteiger charge is 2.28. The fourth-order valence-electron chi connectivity index (χ4n) is 4.36. The van der Waals surface area contributed by atoms with Gasteiger partial charge in [0.25, 0.3) is 0 Å².